The van der Waals surface area contributed by atoms with Crippen LogP contribution in [0, 0.1) is 0 Å². The number of nitrogens with one attached hydrogen (secondary N) is 2. The third kappa shape index (κ3) is 4.86. The molecule has 2 aromatic rings. The van der Waals surface area contributed by atoms with Gasteiger partial charge in [-0.25, -0.2) is 4.98 Å². The molecule has 110 valence electrons. The van der Waals surface area contributed by atoms with Crippen LogP contribution in [0.1, 0.15) is 29.4 Å². The summed E-state index contributed by atoms with van der Waals surface area (Å²) in [6.07, 6.45) is 1.01. The van der Waals surface area contributed by atoms with Crippen molar-refractivity contribution >= 4 is 27.7 Å². The zero-order valence-corrected chi connectivity index (χ0v) is 13.5. The van der Waals surface area contributed by atoms with E-state index < -0.39 is 0 Å². The highest BCUT2D eigenvalue weighted by Crippen LogP contribution is 2.11. The van der Waals surface area contributed by atoms with Gasteiger partial charge in [0.15, 0.2) is 0 Å². The molecule has 0 atom stereocenters. The van der Waals surface area contributed by atoms with Crippen LogP contribution < -0.4 is 10.6 Å². The molecule has 0 unspecified atom stereocenters. The molecular formula is C16H18BrN3O. The van der Waals surface area contributed by atoms with Crippen molar-refractivity contribution in [1.82, 2.24) is 10.3 Å². The predicted molar refractivity (Wildman–Crippen MR) is 88.3 cm³/mol. The maximum Gasteiger partial charge on any atom is 0.270 e. The molecule has 2 N–H and O–H groups in total. The van der Waals surface area contributed by atoms with Crippen molar-refractivity contribution in [3.8, 4) is 0 Å². The average Bonchev–Trinajstić information content (AvgIpc) is 2.51. The number of hydrogen-bond donors (Lipinski definition) is 2. The lowest BCUT2D eigenvalue weighted by atomic mass is 10.2. The fourth-order valence-electron chi connectivity index (χ4n) is 1.83. The van der Waals surface area contributed by atoms with Crippen LogP contribution in [-0.2, 0) is 6.54 Å². The third-order valence-electron chi connectivity index (χ3n) is 2.88. The molecule has 2 rings (SSSR count). The Morgan fingerprint density at radius 2 is 2.05 bits per heavy atom. The monoisotopic (exact) mass is 347 g/mol. The molecule has 21 heavy (non-hydrogen) atoms. The largest absolute Gasteiger partial charge is 0.370 e. The van der Waals surface area contributed by atoms with Gasteiger partial charge in [-0.3, -0.25) is 4.79 Å². The van der Waals surface area contributed by atoms with Gasteiger partial charge in [-0.05, 0) is 36.2 Å². The Morgan fingerprint density at radius 3 is 2.81 bits per heavy atom. The van der Waals surface area contributed by atoms with Crippen LogP contribution in [0.3, 0.4) is 0 Å². The fraction of sp³-hybridized carbons (Fsp3) is 0.250. The van der Waals surface area contributed by atoms with E-state index in [9.17, 15) is 4.79 Å². The Morgan fingerprint density at radius 1 is 1.24 bits per heavy atom. The van der Waals surface area contributed by atoms with E-state index in [1.807, 2.05) is 36.4 Å². The molecule has 0 aliphatic carbocycles. The minimum absolute atomic E-state index is 0.171. The summed E-state index contributed by atoms with van der Waals surface area (Å²) in [5, 5.41) is 6.05. The lowest BCUT2D eigenvalue weighted by Crippen LogP contribution is -2.24. The summed E-state index contributed by atoms with van der Waals surface area (Å²) in [7, 11) is 0. The van der Waals surface area contributed by atoms with E-state index in [-0.39, 0.29) is 5.91 Å². The summed E-state index contributed by atoms with van der Waals surface area (Å²) in [5.74, 6) is 0.557. The van der Waals surface area contributed by atoms with Gasteiger partial charge in [-0.15, -0.1) is 0 Å². The number of hydrogen-bond acceptors (Lipinski definition) is 3. The number of pyridine rings is 1. The van der Waals surface area contributed by atoms with E-state index in [0.29, 0.717) is 12.2 Å². The van der Waals surface area contributed by atoms with Crippen molar-refractivity contribution in [3.05, 3.63) is 58.2 Å². The summed E-state index contributed by atoms with van der Waals surface area (Å²) in [4.78, 5) is 16.4. The van der Waals surface area contributed by atoms with Crippen LogP contribution in [0.2, 0.25) is 0 Å². The van der Waals surface area contributed by atoms with Crippen molar-refractivity contribution in [2.24, 2.45) is 0 Å². The standard InChI is InChI=1S/C16H18BrN3O/c1-2-9-18-15-8-4-7-14(20-15)16(21)19-11-12-5-3-6-13(17)10-12/h3-8,10H,2,9,11H2,1H3,(H,18,20)(H,19,21). The van der Waals surface area contributed by atoms with Gasteiger partial charge < -0.3 is 10.6 Å². The maximum absolute atomic E-state index is 12.1. The summed E-state index contributed by atoms with van der Waals surface area (Å²) >= 11 is 3.41. The van der Waals surface area contributed by atoms with Gasteiger partial charge in [-0.2, -0.15) is 0 Å². The number of benzene rings is 1. The van der Waals surface area contributed by atoms with Crippen molar-refractivity contribution < 1.29 is 4.79 Å². The second-order valence-electron chi connectivity index (χ2n) is 4.65. The molecule has 0 saturated heterocycles. The molecule has 1 aromatic carbocycles. The first kappa shape index (κ1) is 15.5. The molecule has 0 aliphatic heterocycles. The number of carbonyl (C=O) groups excluding carboxylic acids is 1. The summed E-state index contributed by atoms with van der Waals surface area (Å²) < 4.78 is 0.998. The topological polar surface area (TPSA) is 54.0 Å². The molecule has 0 bridgehead atoms. The van der Waals surface area contributed by atoms with Gasteiger partial charge in [0.25, 0.3) is 5.91 Å². The van der Waals surface area contributed by atoms with Crippen LogP contribution in [0.4, 0.5) is 5.82 Å². The Labute approximate surface area is 133 Å². The first-order valence-corrected chi connectivity index (χ1v) is 7.72. The van der Waals surface area contributed by atoms with Gasteiger partial charge >= 0.3 is 0 Å². The number of anilines is 1. The number of aromatic nitrogens is 1. The zero-order valence-electron chi connectivity index (χ0n) is 11.9. The molecule has 4 nitrogen and oxygen atoms in total. The number of rotatable bonds is 6. The van der Waals surface area contributed by atoms with E-state index in [2.05, 4.69) is 38.5 Å². The normalized spacial score (nSPS) is 10.2. The molecule has 0 aliphatic rings. The minimum Gasteiger partial charge on any atom is -0.370 e. The minimum atomic E-state index is -0.171. The maximum atomic E-state index is 12.1. The van der Waals surface area contributed by atoms with Crippen molar-refractivity contribution in [3.63, 3.8) is 0 Å². The van der Waals surface area contributed by atoms with Crippen molar-refractivity contribution in [1.29, 1.82) is 0 Å². The highest BCUT2D eigenvalue weighted by molar-refractivity contribution is 9.10. The van der Waals surface area contributed by atoms with Crippen LogP contribution in [0.5, 0.6) is 0 Å². The van der Waals surface area contributed by atoms with Gasteiger partial charge in [0, 0.05) is 17.6 Å². The first-order valence-electron chi connectivity index (χ1n) is 6.92. The Bertz CT molecular complexity index is 616. The van der Waals surface area contributed by atoms with E-state index in [0.717, 1.165) is 28.8 Å². The summed E-state index contributed by atoms with van der Waals surface area (Å²) in [5.41, 5.74) is 1.46. The summed E-state index contributed by atoms with van der Waals surface area (Å²) in [6, 6.07) is 13.3. The van der Waals surface area contributed by atoms with Crippen molar-refractivity contribution in [2.45, 2.75) is 19.9 Å². The van der Waals surface area contributed by atoms with E-state index in [1.165, 1.54) is 0 Å². The molecule has 0 radical (unpaired) electrons. The lowest BCUT2D eigenvalue weighted by molar-refractivity contribution is 0.0946. The highest BCUT2D eigenvalue weighted by Gasteiger charge is 2.07. The Hall–Kier alpha value is -1.88. The van der Waals surface area contributed by atoms with Gasteiger partial charge in [0.05, 0.1) is 0 Å². The van der Waals surface area contributed by atoms with Gasteiger partial charge in [0.1, 0.15) is 11.5 Å². The number of carbonyl (C=O) groups is 1. The molecule has 0 saturated carbocycles. The lowest BCUT2D eigenvalue weighted by Gasteiger charge is -2.08. The molecule has 0 spiro atoms. The molecular weight excluding hydrogens is 330 g/mol. The third-order valence-corrected chi connectivity index (χ3v) is 3.37. The van der Waals surface area contributed by atoms with Crippen LogP contribution in [0.25, 0.3) is 0 Å². The average molecular weight is 348 g/mol. The predicted octanol–water partition coefficient (Wildman–Crippen LogP) is 3.60. The van der Waals surface area contributed by atoms with Gasteiger partial charge in [-0.1, -0.05) is 41.1 Å². The zero-order chi connectivity index (χ0) is 15.1. The highest BCUT2D eigenvalue weighted by atomic mass is 79.9. The Kier molecular flexibility index (Phi) is 5.75. The van der Waals surface area contributed by atoms with Crippen molar-refractivity contribution in [2.75, 3.05) is 11.9 Å². The van der Waals surface area contributed by atoms with Crippen LogP contribution >= 0.6 is 15.9 Å². The molecule has 1 aromatic heterocycles. The molecule has 1 heterocycles. The van der Waals surface area contributed by atoms with E-state index >= 15 is 0 Å². The smallest absolute Gasteiger partial charge is 0.270 e. The van der Waals surface area contributed by atoms with Gasteiger partial charge in [0.2, 0.25) is 0 Å². The number of halogens is 1. The van der Waals surface area contributed by atoms with E-state index in [1.54, 1.807) is 6.07 Å². The van der Waals surface area contributed by atoms with E-state index in [4.69, 9.17) is 0 Å². The number of amides is 1. The molecule has 5 heteroatoms. The van der Waals surface area contributed by atoms with Crippen LogP contribution in [0.15, 0.2) is 46.9 Å². The summed E-state index contributed by atoms with van der Waals surface area (Å²) in [6.45, 7) is 3.41. The molecule has 0 fully saturated rings. The fourth-order valence-corrected chi connectivity index (χ4v) is 2.28. The number of nitrogens with zero attached hydrogens (tertiary/aromatic N) is 1. The first-order chi connectivity index (χ1) is 10.2. The molecule has 1 amide bonds. The second-order valence-corrected chi connectivity index (χ2v) is 5.56. The van der Waals surface area contributed by atoms with Crippen LogP contribution in [-0.4, -0.2) is 17.4 Å². The second kappa shape index (κ2) is 7.78. The SMILES string of the molecule is CCCNc1cccc(C(=O)NCc2cccc(Br)c2)n1. The quantitative estimate of drug-likeness (QED) is 0.839. The Balaban J connectivity index is 1.96.